The van der Waals surface area contributed by atoms with Crippen molar-refractivity contribution in [2.75, 3.05) is 16.8 Å². The fourth-order valence-electron chi connectivity index (χ4n) is 2.74. The van der Waals surface area contributed by atoms with Crippen LogP contribution in [-0.4, -0.2) is 23.5 Å². The summed E-state index contributed by atoms with van der Waals surface area (Å²) in [5.41, 5.74) is 2.22. The summed E-state index contributed by atoms with van der Waals surface area (Å²) in [6.07, 6.45) is 1.35. The van der Waals surface area contributed by atoms with Gasteiger partial charge in [0, 0.05) is 18.7 Å². The molecule has 0 atom stereocenters. The molecule has 0 saturated carbocycles. The van der Waals surface area contributed by atoms with Crippen LogP contribution in [0.4, 0.5) is 11.4 Å². The average Bonchev–Trinajstić information content (AvgIpc) is 2.96. The first kappa shape index (κ1) is 16.3. The molecule has 2 N–H and O–H groups in total. The predicted octanol–water partition coefficient (Wildman–Crippen LogP) is 3.73. The molecule has 1 aliphatic rings. The topological polar surface area (TPSA) is 69.6 Å². The monoisotopic (exact) mass is 344 g/mol. The van der Waals surface area contributed by atoms with Gasteiger partial charge in [0.05, 0.1) is 16.3 Å². The van der Waals surface area contributed by atoms with Crippen LogP contribution in [0.25, 0.3) is 0 Å². The number of halogens is 1. The van der Waals surface area contributed by atoms with Crippen molar-refractivity contribution >= 4 is 34.8 Å². The first-order valence-electron chi connectivity index (χ1n) is 7.66. The number of aryl methyl sites for hydroxylation is 1. The number of amides is 2. The van der Waals surface area contributed by atoms with E-state index in [0.29, 0.717) is 29.4 Å². The van der Waals surface area contributed by atoms with E-state index in [1.54, 1.807) is 35.2 Å². The molecular weight excluding hydrogens is 328 g/mol. The van der Waals surface area contributed by atoms with Crippen molar-refractivity contribution < 1.29 is 14.7 Å². The molecule has 0 aromatic heterocycles. The lowest BCUT2D eigenvalue weighted by molar-refractivity contribution is -0.117. The molecule has 2 aromatic rings. The number of phenols is 1. The van der Waals surface area contributed by atoms with E-state index >= 15 is 0 Å². The van der Waals surface area contributed by atoms with E-state index in [1.165, 1.54) is 6.07 Å². The van der Waals surface area contributed by atoms with Crippen LogP contribution >= 0.6 is 11.6 Å². The summed E-state index contributed by atoms with van der Waals surface area (Å²) < 4.78 is 0. The van der Waals surface area contributed by atoms with E-state index in [9.17, 15) is 14.7 Å². The summed E-state index contributed by atoms with van der Waals surface area (Å²) in [5.74, 6) is -0.445. The van der Waals surface area contributed by atoms with Gasteiger partial charge < -0.3 is 15.3 Å². The number of nitrogens with zero attached hydrogens (tertiary/aromatic N) is 1. The lowest BCUT2D eigenvalue weighted by atomic mass is 10.1. The van der Waals surface area contributed by atoms with E-state index < -0.39 is 5.91 Å². The summed E-state index contributed by atoms with van der Waals surface area (Å²) in [5, 5.41) is 12.9. The maximum absolute atomic E-state index is 12.3. The SMILES string of the molecule is Cc1ccc(O)c(C(=O)Nc2ccc(N3CCCC3=O)c(Cl)c2)c1. The number of carbonyl (C=O) groups is 2. The van der Waals surface area contributed by atoms with E-state index in [0.717, 1.165) is 12.0 Å². The Bertz CT molecular complexity index is 820. The second kappa shape index (κ2) is 6.53. The van der Waals surface area contributed by atoms with Crippen LogP contribution in [0.1, 0.15) is 28.8 Å². The quantitative estimate of drug-likeness (QED) is 0.891. The maximum Gasteiger partial charge on any atom is 0.259 e. The molecular formula is C18H17ClN2O3. The molecule has 0 radical (unpaired) electrons. The smallest absolute Gasteiger partial charge is 0.259 e. The first-order valence-corrected chi connectivity index (χ1v) is 8.04. The predicted molar refractivity (Wildman–Crippen MR) is 93.8 cm³/mol. The van der Waals surface area contributed by atoms with Gasteiger partial charge in [-0.3, -0.25) is 9.59 Å². The molecule has 1 saturated heterocycles. The minimum atomic E-state index is -0.419. The lowest BCUT2D eigenvalue weighted by Gasteiger charge is -2.18. The fraction of sp³-hybridized carbons (Fsp3) is 0.222. The number of phenolic OH excluding ortho intramolecular Hbond substituents is 1. The highest BCUT2D eigenvalue weighted by atomic mass is 35.5. The van der Waals surface area contributed by atoms with Crippen molar-refractivity contribution in [3.8, 4) is 5.75 Å². The van der Waals surface area contributed by atoms with Gasteiger partial charge in [0.15, 0.2) is 0 Å². The van der Waals surface area contributed by atoms with Crippen LogP contribution in [0.5, 0.6) is 5.75 Å². The normalized spacial score (nSPS) is 14.1. The Morgan fingerprint density at radius 3 is 2.71 bits per heavy atom. The Morgan fingerprint density at radius 2 is 2.04 bits per heavy atom. The molecule has 0 bridgehead atoms. The second-order valence-electron chi connectivity index (χ2n) is 5.79. The summed E-state index contributed by atoms with van der Waals surface area (Å²) in [4.78, 5) is 25.8. The van der Waals surface area contributed by atoms with Gasteiger partial charge in [-0.25, -0.2) is 0 Å². The van der Waals surface area contributed by atoms with Crippen LogP contribution in [-0.2, 0) is 4.79 Å². The van der Waals surface area contributed by atoms with E-state index in [4.69, 9.17) is 11.6 Å². The standard InChI is InChI=1S/C18H17ClN2O3/c1-11-4-7-16(22)13(9-11)18(24)20-12-5-6-15(14(19)10-12)21-8-2-3-17(21)23/h4-7,9-10,22H,2-3,8H2,1H3,(H,20,24). The Hall–Kier alpha value is -2.53. The number of benzene rings is 2. The van der Waals surface area contributed by atoms with Crippen LogP contribution < -0.4 is 10.2 Å². The third-order valence-electron chi connectivity index (χ3n) is 3.97. The maximum atomic E-state index is 12.3. The minimum absolute atomic E-state index is 0.0540. The fourth-order valence-corrected chi connectivity index (χ4v) is 3.02. The molecule has 24 heavy (non-hydrogen) atoms. The highest BCUT2D eigenvalue weighted by Crippen LogP contribution is 2.32. The molecule has 2 aromatic carbocycles. The van der Waals surface area contributed by atoms with Crippen molar-refractivity contribution in [3.05, 3.63) is 52.5 Å². The van der Waals surface area contributed by atoms with E-state index in [2.05, 4.69) is 5.32 Å². The first-order chi connectivity index (χ1) is 11.5. The number of aromatic hydroxyl groups is 1. The van der Waals surface area contributed by atoms with E-state index in [-0.39, 0.29) is 17.2 Å². The highest BCUT2D eigenvalue weighted by Gasteiger charge is 2.23. The summed E-state index contributed by atoms with van der Waals surface area (Å²) in [7, 11) is 0. The van der Waals surface area contributed by atoms with Crippen LogP contribution in [0.15, 0.2) is 36.4 Å². The van der Waals surface area contributed by atoms with Gasteiger partial charge in [0.1, 0.15) is 5.75 Å². The number of carbonyl (C=O) groups excluding carboxylic acids is 2. The largest absolute Gasteiger partial charge is 0.507 e. The van der Waals surface area contributed by atoms with Gasteiger partial charge in [-0.1, -0.05) is 23.2 Å². The minimum Gasteiger partial charge on any atom is -0.507 e. The molecule has 124 valence electrons. The zero-order chi connectivity index (χ0) is 17.3. The van der Waals surface area contributed by atoms with Crippen LogP contribution in [0.2, 0.25) is 5.02 Å². The number of hydrogen-bond acceptors (Lipinski definition) is 3. The molecule has 1 heterocycles. The highest BCUT2D eigenvalue weighted by molar-refractivity contribution is 6.34. The van der Waals surface area contributed by atoms with E-state index in [1.807, 2.05) is 6.92 Å². The molecule has 0 unspecified atom stereocenters. The molecule has 5 nitrogen and oxygen atoms in total. The van der Waals surface area contributed by atoms with Gasteiger partial charge in [0.25, 0.3) is 5.91 Å². The van der Waals surface area contributed by atoms with Crippen molar-refractivity contribution in [2.24, 2.45) is 0 Å². The molecule has 6 heteroatoms. The zero-order valence-electron chi connectivity index (χ0n) is 13.2. The Morgan fingerprint density at radius 1 is 1.25 bits per heavy atom. The van der Waals surface area contributed by atoms with Crippen LogP contribution in [0, 0.1) is 6.92 Å². The molecule has 2 amide bonds. The number of anilines is 2. The van der Waals surface area contributed by atoms with Gasteiger partial charge in [-0.15, -0.1) is 0 Å². The Labute approximate surface area is 144 Å². The van der Waals surface area contributed by atoms with Crippen molar-refractivity contribution in [1.29, 1.82) is 0 Å². The van der Waals surface area contributed by atoms with Crippen LogP contribution in [0.3, 0.4) is 0 Å². The molecule has 1 fully saturated rings. The summed E-state index contributed by atoms with van der Waals surface area (Å²) >= 11 is 6.27. The van der Waals surface area contributed by atoms with Crippen molar-refractivity contribution in [3.63, 3.8) is 0 Å². The zero-order valence-corrected chi connectivity index (χ0v) is 13.9. The molecule has 0 spiro atoms. The second-order valence-corrected chi connectivity index (χ2v) is 6.20. The van der Waals surface area contributed by atoms with Gasteiger partial charge in [-0.2, -0.15) is 0 Å². The summed E-state index contributed by atoms with van der Waals surface area (Å²) in [6.45, 7) is 2.50. The average molecular weight is 345 g/mol. The number of rotatable bonds is 3. The van der Waals surface area contributed by atoms with Crippen molar-refractivity contribution in [1.82, 2.24) is 0 Å². The Kier molecular flexibility index (Phi) is 4.44. The van der Waals surface area contributed by atoms with Gasteiger partial charge >= 0.3 is 0 Å². The lowest BCUT2D eigenvalue weighted by Crippen LogP contribution is -2.24. The Balaban J connectivity index is 1.81. The molecule has 0 aliphatic carbocycles. The van der Waals surface area contributed by atoms with Gasteiger partial charge in [-0.05, 0) is 43.7 Å². The summed E-state index contributed by atoms with van der Waals surface area (Å²) in [6, 6.07) is 9.84. The van der Waals surface area contributed by atoms with Gasteiger partial charge in [0.2, 0.25) is 5.91 Å². The number of hydrogen-bond donors (Lipinski definition) is 2. The number of nitrogens with one attached hydrogen (secondary N) is 1. The third kappa shape index (κ3) is 3.21. The van der Waals surface area contributed by atoms with Crippen molar-refractivity contribution in [2.45, 2.75) is 19.8 Å². The molecule has 3 rings (SSSR count). The third-order valence-corrected chi connectivity index (χ3v) is 4.27. The molecule has 1 aliphatic heterocycles.